The van der Waals surface area contributed by atoms with Crippen LogP contribution >= 0.6 is 12.4 Å². The van der Waals surface area contributed by atoms with Crippen molar-refractivity contribution in [2.24, 2.45) is 0 Å². The second-order valence-corrected chi connectivity index (χ2v) is 4.86. The number of halogens is 2. The zero-order valence-corrected chi connectivity index (χ0v) is 11.5. The molecule has 0 spiro atoms. The Morgan fingerprint density at radius 1 is 0.947 bits per heavy atom. The summed E-state index contributed by atoms with van der Waals surface area (Å²) < 4.78 is 12.9. The molecule has 2 aromatic rings. The normalized spacial score (nSPS) is 16.1. The molecule has 1 aromatic heterocycles. The van der Waals surface area contributed by atoms with Crippen LogP contribution in [0, 0.1) is 5.82 Å². The van der Waals surface area contributed by atoms with E-state index in [1.807, 2.05) is 12.1 Å². The quantitative estimate of drug-likeness (QED) is 0.862. The lowest BCUT2D eigenvalue weighted by atomic mass is 9.95. The summed E-state index contributed by atoms with van der Waals surface area (Å²) in [5, 5.41) is 3.37. The molecule has 1 aromatic carbocycles. The van der Waals surface area contributed by atoms with Gasteiger partial charge >= 0.3 is 0 Å². The van der Waals surface area contributed by atoms with Crippen LogP contribution in [0.15, 0.2) is 36.4 Å². The van der Waals surface area contributed by atoms with E-state index < -0.39 is 0 Å². The van der Waals surface area contributed by atoms with Crippen LogP contribution in [-0.4, -0.2) is 18.1 Å². The Morgan fingerprint density at radius 3 is 2.32 bits per heavy atom. The van der Waals surface area contributed by atoms with Gasteiger partial charge in [0.05, 0.1) is 0 Å². The lowest BCUT2D eigenvalue weighted by molar-refractivity contribution is 0.454. The van der Waals surface area contributed by atoms with E-state index in [2.05, 4.69) is 22.4 Å². The molecule has 1 aliphatic heterocycles. The van der Waals surface area contributed by atoms with Crippen LogP contribution in [0.2, 0.25) is 0 Å². The van der Waals surface area contributed by atoms with Gasteiger partial charge in [0.15, 0.2) is 0 Å². The van der Waals surface area contributed by atoms with Crippen molar-refractivity contribution < 1.29 is 4.39 Å². The van der Waals surface area contributed by atoms with Crippen LogP contribution in [0.1, 0.15) is 24.5 Å². The van der Waals surface area contributed by atoms with Gasteiger partial charge in [0.1, 0.15) is 5.82 Å². The molecule has 19 heavy (non-hydrogen) atoms. The summed E-state index contributed by atoms with van der Waals surface area (Å²) in [6.07, 6.45) is 2.37. The molecule has 0 unspecified atom stereocenters. The van der Waals surface area contributed by atoms with Gasteiger partial charge in [-0.1, -0.05) is 0 Å². The largest absolute Gasteiger partial charge is 0.358 e. The van der Waals surface area contributed by atoms with Crippen molar-refractivity contribution in [1.82, 2.24) is 10.3 Å². The van der Waals surface area contributed by atoms with Crippen molar-refractivity contribution in [2.75, 3.05) is 13.1 Å². The molecule has 3 rings (SSSR count). The summed E-state index contributed by atoms with van der Waals surface area (Å²) in [5.74, 6) is 0.435. The Bertz CT molecular complexity index is 515. The minimum Gasteiger partial charge on any atom is -0.358 e. The number of hydrogen-bond acceptors (Lipinski definition) is 1. The Balaban J connectivity index is 0.00000133. The van der Waals surface area contributed by atoms with Crippen molar-refractivity contribution in [3.05, 3.63) is 47.9 Å². The van der Waals surface area contributed by atoms with Gasteiger partial charge in [-0.15, -0.1) is 12.4 Å². The van der Waals surface area contributed by atoms with E-state index in [-0.39, 0.29) is 18.2 Å². The molecule has 0 aliphatic carbocycles. The van der Waals surface area contributed by atoms with Gasteiger partial charge in [-0.25, -0.2) is 4.39 Å². The SMILES string of the molecule is Cl.Fc1ccc(-c2ccc(C3CCNCC3)[nH]2)cc1. The molecule has 0 saturated carbocycles. The van der Waals surface area contributed by atoms with E-state index in [1.165, 1.54) is 30.7 Å². The highest BCUT2D eigenvalue weighted by atomic mass is 35.5. The summed E-state index contributed by atoms with van der Waals surface area (Å²) in [7, 11) is 0. The molecule has 2 heterocycles. The second-order valence-electron chi connectivity index (χ2n) is 4.86. The van der Waals surface area contributed by atoms with E-state index in [1.54, 1.807) is 0 Å². The molecule has 2 nitrogen and oxygen atoms in total. The van der Waals surface area contributed by atoms with E-state index in [0.29, 0.717) is 5.92 Å². The zero-order valence-electron chi connectivity index (χ0n) is 10.7. The van der Waals surface area contributed by atoms with Gasteiger partial charge < -0.3 is 10.3 Å². The third-order valence-electron chi connectivity index (χ3n) is 3.64. The van der Waals surface area contributed by atoms with Crippen LogP contribution in [0.4, 0.5) is 4.39 Å². The minimum atomic E-state index is -0.191. The van der Waals surface area contributed by atoms with Gasteiger partial charge in [0.2, 0.25) is 0 Å². The van der Waals surface area contributed by atoms with Crippen molar-refractivity contribution in [3.63, 3.8) is 0 Å². The number of aromatic amines is 1. The molecule has 0 amide bonds. The molecular weight excluding hydrogens is 263 g/mol. The van der Waals surface area contributed by atoms with Gasteiger partial charge in [-0.3, -0.25) is 0 Å². The third kappa shape index (κ3) is 3.17. The number of rotatable bonds is 2. The van der Waals surface area contributed by atoms with Crippen molar-refractivity contribution in [3.8, 4) is 11.3 Å². The lowest BCUT2D eigenvalue weighted by Gasteiger charge is -2.21. The monoisotopic (exact) mass is 280 g/mol. The van der Waals surface area contributed by atoms with Gasteiger partial charge in [-0.2, -0.15) is 0 Å². The maximum absolute atomic E-state index is 12.9. The predicted octanol–water partition coefficient (Wildman–Crippen LogP) is 3.71. The van der Waals surface area contributed by atoms with E-state index in [0.717, 1.165) is 24.3 Å². The lowest BCUT2D eigenvalue weighted by Crippen LogP contribution is -2.26. The Labute approximate surface area is 118 Å². The highest BCUT2D eigenvalue weighted by molar-refractivity contribution is 5.85. The highest BCUT2D eigenvalue weighted by Gasteiger charge is 2.16. The number of H-pyrrole nitrogens is 1. The Hall–Kier alpha value is -1.32. The van der Waals surface area contributed by atoms with Crippen LogP contribution in [0.5, 0.6) is 0 Å². The summed E-state index contributed by atoms with van der Waals surface area (Å²) in [6.45, 7) is 2.19. The van der Waals surface area contributed by atoms with Crippen LogP contribution < -0.4 is 5.32 Å². The molecule has 1 saturated heterocycles. The second kappa shape index (κ2) is 6.22. The molecule has 0 radical (unpaired) electrons. The maximum Gasteiger partial charge on any atom is 0.123 e. The van der Waals surface area contributed by atoms with Crippen molar-refractivity contribution in [1.29, 1.82) is 0 Å². The summed E-state index contributed by atoms with van der Waals surface area (Å²) in [6, 6.07) is 10.9. The summed E-state index contributed by atoms with van der Waals surface area (Å²) in [4.78, 5) is 3.47. The van der Waals surface area contributed by atoms with E-state index >= 15 is 0 Å². The van der Waals surface area contributed by atoms with Gasteiger partial charge in [0, 0.05) is 17.3 Å². The number of benzene rings is 1. The molecule has 1 fully saturated rings. The smallest absolute Gasteiger partial charge is 0.123 e. The number of nitrogens with one attached hydrogen (secondary N) is 2. The number of hydrogen-bond donors (Lipinski definition) is 2. The topological polar surface area (TPSA) is 27.8 Å². The Morgan fingerprint density at radius 2 is 1.63 bits per heavy atom. The Kier molecular flexibility index (Phi) is 4.61. The molecule has 0 atom stereocenters. The molecule has 102 valence electrons. The van der Waals surface area contributed by atoms with Crippen LogP contribution in [0.25, 0.3) is 11.3 Å². The van der Waals surface area contributed by atoms with Gasteiger partial charge in [-0.05, 0) is 67.9 Å². The molecule has 4 heteroatoms. The zero-order chi connectivity index (χ0) is 12.4. The predicted molar refractivity (Wildman–Crippen MR) is 78.3 cm³/mol. The molecule has 1 aliphatic rings. The highest BCUT2D eigenvalue weighted by Crippen LogP contribution is 2.27. The molecule has 2 N–H and O–H groups in total. The minimum absolute atomic E-state index is 0. The fourth-order valence-electron chi connectivity index (χ4n) is 2.58. The summed E-state index contributed by atoms with van der Waals surface area (Å²) in [5.41, 5.74) is 3.41. The molecular formula is C15H18ClFN2. The van der Waals surface area contributed by atoms with Crippen molar-refractivity contribution >= 4 is 12.4 Å². The first-order valence-electron chi connectivity index (χ1n) is 6.48. The van der Waals surface area contributed by atoms with E-state index in [9.17, 15) is 4.39 Å². The number of piperidine rings is 1. The van der Waals surface area contributed by atoms with Crippen molar-refractivity contribution in [2.45, 2.75) is 18.8 Å². The standard InChI is InChI=1S/C15H17FN2.ClH/c16-13-3-1-11(2-4-13)14-5-6-15(18-14)12-7-9-17-10-8-12;/h1-6,12,17-18H,7-10H2;1H. The first kappa shape index (κ1) is 14.1. The first-order chi connectivity index (χ1) is 8.83. The fourth-order valence-corrected chi connectivity index (χ4v) is 2.58. The average molecular weight is 281 g/mol. The van der Waals surface area contributed by atoms with Crippen LogP contribution in [-0.2, 0) is 0 Å². The van der Waals surface area contributed by atoms with Gasteiger partial charge in [0.25, 0.3) is 0 Å². The van der Waals surface area contributed by atoms with E-state index in [4.69, 9.17) is 0 Å². The fraction of sp³-hybridized carbons (Fsp3) is 0.333. The van der Waals surface area contributed by atoms with Crippen LogP contribution in [0.3, 0.4) is 0 Å². The average Bonchev–Trinajstić information content (AvgIpc) is 2.90. The molecule has 0 bridgehead atoms. The number of aromatic nitrogens is 1. The first-order valence-corrected chi connectivity index (χ1v) is 6.48. The summed E-state index contributed by atoms with van der Waals surface area (Å²) >= 11 is 0. The third-order valence-corrected chi connectivity index (χ3v) is 3.64. The maximum atomic E-state index is 12.9.